The summed E-state index contributed by atoms with van der Waals surface area (Å²) in [6, 6.07) is 10.0. The molecule has 0 unspecified atom stereocenters. The number of aryl methyl sites for hydroxylation is 1. The summed E-state index contributed by atoms with van der Waals surface area (Å²) in [4.78, 5) is 11.9. The zero-order valence-corrected chi connectivity index (χ0v) is 13.2. The van der Waals surface area contributed by atoms with E-state index in [9.17, 15) is 4.79 Å². The van der Waals surface area contributed by atoms with Crippen molar-refractivity contribution in [3.63, 3.8) is 0 Å². The summed E-state index contributed by atoms with van der Waals surface area (Å²) in [5, 5.41) is 9.91. The summed E-state index contributed by atoms with van der Waals surface area (Å²) in [6.45, 7) is 3.93. The van der Waals surface area contributed by atoms with E-state index in [0.717, 1.165) is 22.3 Å². The highest BCUT2D eigenvalue weighted by molar-refractivity contribution is 9.10. The first-order valence-corrected chi connectivity index (χ1v) is 7.37. The Morgan fingerprint density at radius 1 is 1.45 bits per heavy atom. The van der Waals surface area contributed by atoms with E-state index in [2.05, 4.69) is 37.5 Å². The number of nitrogens with zero attached hydrogens (tertiary/aromatic N) is 1. The van der Waals surface area contributed by atoms with Crippen molar-refractivity contribution < 1.29 is 4.79 Å². The molecule has 0 aliphatic heterocycles. The second-order valence-electron chi connectivity index (χ2n) is 4.98. The Hall–Kier alpha value is -1.62. The second kappa shape index (κ2) is 6.70. The third-order valence-electron chi connectivity index (χ3n) is 2.99. The van der Waals surface area contributed by atoms with Crippen LogP contribution >= 0.6 is 15.9 Å². The standard InChI is InChI=1S/C15H18BrN3O/c1-10(7-12-5-3-4-6-14(12)16)17-15(20)9-13-8-11(2)18-19-13/h3-6,8,10H,7,9H2,1-2H3,(H,17,20)(H,18,19)/t10-/m1/s1. The number of hydrogen-bond donors (Lipinski definition) is 2. The summed E-state index contributed by atoms with van der Waals surface area (Å²) in [6.07, 6.45) is 1.11. The van der Waals surface area contributed by atoms with Crippen LogP contribution in [0.3, 0.4) is 0 Å². The second-order valence-corrected chi connectivity index (χ2v) is 5.84. The first-order valence-electron chi connectivity index (χ1n) is 6.58. The van der Waals surface area contributed by atoms with E-state index >= 15 is 0 Å². The zero-order chi connectivity index (χ0) is 14.5. The van der Waals surface area contributed by atoms with Gasteiger partial charge in [-0.2, -0.15) is 5.10 Å². The molecule has 1 atom stereocenters. The topological polar surface area (TPSA) is 57.8 Å². The van der Waals surface area contributed by atoms with Crippen LogP contribution in [0.4, 0.5) is 0 Å². The summed E-state index contributed by atoms with van der Waals surface area (Å²) in [5.41, 5.74) is 2.93. The SMILES string of the molecule is Cc1cc(CC(=O)N[C@H](C)Cc2ccccc2Br)n[nH]1. The molecule has 0 saturated heterocycles. The van der Waals surface area contributed by atoms with Crippen LogP contribution in [-0.2, 0) is 17.6 Å². The van der Waals surface area contributed by atoms with Crippen molar-refractivity contribution in [1.82, 2.24) is 15.5 Å². The molecule has 1 aromatic carbocycles. The highest BCUT2D eigenvalue weighted by atomic mass is 79.9. The van der Waals surface area contributed by atoms with Crippen LogP contribution in [0.15, 0.2) is 34.8 Å². The molecule has 2 aromatic rings. The van der Waals surface area contributed by atoms with Gasteiger partial charge in [0, 0.05) is 16.2 Å². The van der Waals surface area contributed by atoms with Gasteiger partial charge in [0.1, 0.15) is 0 Å². The van der Waals surface area contributed by atoms with Gasteiger partial charge < -0.3 is 5.32 Å². The number of aromatic nitrogens is 2. The fourth-order valence-corrected chi connectivity index (χ4v) is 2.55. The summed E-state index contributed by atoms with van der Waals surface area (Å²) in [5.74, 6) is -0.00365. The number of nitrogens with one attached hydrogen (secondary N) is 2. The summed E-state index contributed by atoms with van der Waals surface area (Å²) < 4.78 is 1.07. The normalized spacial score (nSPS) is 12.2. The highest BCUT2D eigenvalue weighted by Crippen LogP contribution is 2.17. The minimum atomic E-state index is -0.00365. The average molecular weight is 336 g/mol. The number of carbonyl (C=O) groups excluding carboxylic acids is 1. The largest absolute Gasteiger partial charge is 0.353 e. The van der Waals surface area contributed by atoms with Gasteiger partial charge >= 0.3 is 0 Å². The molecule has 0 spiro atoms. The zero-order valence-electron chi connectivity index (χ0n) is 11.6. The molecular formula is C15H18BrN3O. The van der Waals surface area contributed by atoms with E-state index in [-0.39, 0.29) is 11.9 Å². The molecule has 20 heavy (non-hydrogen) atoms. The summed E-state index contributed by atoms with van der Waals surface area (Å²) >= 11 is 3.52. The molecule has 0 fully saturated rings. The molecule has 106 valence electrons. The van der Waals surface area contributed by atoms with E-state index < -0.39 is 0 Å². The van der Waals surface area contributed by atoms with Crippen LogP contribution in [0.5, 0.6) is 0 Å². The lowest BCUT2D eigenvalue weighted by atomic mass is 10.1. The number of amides is 1. The first-order chi connectivity index (χ1) is 9.54. The fourth-order valence-electron chi connectivity index (χ4n) is 2.10. The van der Waals surface area contributed by atoms with Crippen LogP contribution in [0, 0.1) is 6.92 Å². The molecule has 2 rings (SSSR count). The van der Waals surface area contributed by atoms with Gasteiger partial charge in [0.2, 0.25) is 5.91 Å². The van der Waals surface area contributed by atoms with Gasteiger partial charge in [0.15, 0.2) is 0 Å². The van der Waals surface area contributed by atoms with Gasteiger partial charge in [-0.3, -0.25) is 9.89 Å². The predicted molar refractivity (Wildman–Crippen MR) is 82.5 cm³/mol. The first kappa shape index (κ1) is 14.8. The van der Waals surface area contributed by atoms with Crippen LogP contribution in [0.25, 0.3) is 0 Å². The van der Waals surface area contributed by atoms with Gasteiger partial charge in [-0.15, -0.1) is 0 Å². The Bertz CT molecular complexity index is 594. The number of carbonyl (C=O) groups is 1. The van der Waals surface area contributed by atoms with Crippen LogP contribution in [0.1, 0.15) is 23.9 Å². The Morgan fingerprint density at radius 3 is 2.85 bits per heavy atom. The quantitative estimate of drug-likeness (QED) is 0.882. The molecule has 0 bridgehead atoms. The lowest BCUT2D eigenvalue weighted by Gasteiger charge is -2.14. The van der Waals surface area contributed by atoms with Crippen molar-refractivity contribution >= 4 is 21.8 Å². The molecule has 1 amide bonds. The van der Waals surface area contributed by atoms with Gasteiger partial charge in [-0.05, 0) is 38.0 Å². The Labute approximate surface area is 127 Å². The maximum Gasteiger partial charge on any atom is 0.226 e. The molecule has 1 aromatic heterocycles. The summed E-state index contributed by atoms with van der Waals surface area (Å²) in [7, 11) is 0. The predicted octanol–water partition coefficient (Wildman–Crippen LogP) is 2.77. The Morgan fingerprint density at radius 2 is 2.20 bits per heavy atom. The van der Waals surface area contributed by atoms with Gasteiger partial charge in [-0.1, -0.05) is 34.1 Å². The van der Waals surface area contributed by atoms with Crippen molar-refractivity contribution in [1.29, 1.82) is 0 Å². The molecule has 0 radical (unpaired) electrons. The van der Waals surface area contributed by atoms with Crippen molar-refractivity contribution in [3.8, 4) is 0 Å². The molecule has 4 nitrogen and oxygen atoms in total. The molecule has 5 heteroatoms. The molecule has 0 aliphatic rings. The lowest BCUT2D eigenvalue weighted by Crippen LogP contribution is -2.35. The minimum Gasteiger partial charge on any atom is -0.353 e. The van der Waals surface area contributed by atoms with Gasteiger partial charge in [-0.25, -0.2) is 0 Å². The maximum atomic E-state index is 11.9. The minimum absolute atomic E-state index is 0.00365. The molecular weight excluding hydrogens is 318 g/mol. The van der Waals surface area contributed by atoms with Crippen LogP contribution in [-0.4, -0.2) is 22.1 Å². The Balaban J connectivity index is 1.86. The van der Waals surface area contributed by atoms with E-state index in [1.807, 2.05) is 38.1 Å². The highest BCUT2D eigenvalue weighted by Gasteiger charge is 2.11. The average Bonchev–Trinajstić information content (AvgIpc) is 2.77. The Kier molecular flexibility index (Phi) is 4.95. The number of rotatable bonds is 5. The van der Waals surface area contributed by atoms with E-state index in [4.69, 9.17) is 0 Å². The molecule has 0 saturated carbocycles. The number of halogens is 1. The van der Waals surface area contributed by atoms with Crippen molar-refractivity contribution in [3.05, 3.63) is 51.8 Å². The third-order valence-corrected chi connectivity index (χ3v) is 3.77. The van der Waals surface area contributed by atoms with Gasteiger partial charge in [0.25, 0.3) is 0 Å². The number of benzene rings is 1. The van der Waals surface area contributed by atoms with Crippen LogP contribution < -0.4 is 5.32 Å². The van der Waals surface area contributed by atoms with Crippen molar-refractivity contribution in [2.45, 2.75) is 32.7 Å². The third kappa shape index (κ3) is 4.20. The van der Waals surface area contributed by atoms with E-state index in [0.29, 0.717) is 6.42 Å². The van der Waals surface area contributed by atoms with Gasteiger partial charge in [0.05, 0.1) is 12.1 Å². The molecule has 0 aliphatic carbocycles. The van der Waals surface area contributed by atoms with E-state index in [1.54, 1.807) is 0 Å². The van der Waals surface area contributed by atoms with E-state index in [1.165, 1.54) is 5.56 Å². The number of H-pyrrole nitrogens is 1. The maximum absolute atomic E-state index is 11.9. The van der Waals surface area contributed by atoms with Crippen LogP contribution in [0.2, 0.25) is 0 Å². The van der Waals surface area contributed by atoms with Crippen molar-refractivity contribution in [2.75, 3.05) is 0 Å². The smallest absolute Gasteiger partial charge is 0.226 e. The fraction of sp³-hybridized carbons (Fsp3) is 0.333. The lowest BCUT2D eigenvalue weighted by molar-refractivity contribution is -0.121. The van der Waals surface area contributed by atoms with Crippen molar-refractivity contribution in [2.24, 2.45) is 0 Å². The number of hydrogen-bond acceptors (Lipinski definition) is 2. The molecule has 2 N–H and O–H groups in total. The number of aromatic amines is 1. The molecule has 1 heterocycles. The monoisotopic (exact) mass is 335 g/mol.